The largest absolute Gasteiger partial charge is 0.312 e. The van der Waals surface area contributed by atoms with Gasteiger partial charge in [0.15, 0.2) is 0 Å². The Balaban J connectivity index is 2.02. The van der Waals surface area contributed by atoms with Gasteiger partial charge in [-0.25, -0.2) is 0 Å². The lowest BCUT2D eigenvalue weighted by atomic mass is 9.96. The Hall–Kier alpha value is -0.710. The van der Waals surface area contributed by atoms with Crippen LogP contribution >= 0.6 is 23.5 Å². The molecule has 0 spiro atoms. The highest BCUT2D eigenvalue weighted by molar-refractivity contribution is 8.07. The number of benzene rings is 1. The van der Waals surface area contributed by atoms with Crippen LogP contribution in [0.2, 0.25) is 0 Å². The molecular weight excluding hydrogens is 284 g/mol. The van der Waals surface area contributed by atoms with E-state index in [1.807, 2.05) is 12.4 Å². The van der Waals surface area contributed by atoms with E-state index < -0.39 is 0 Å². The van der Waals surface area contributed by atoms with Crippen molar-refractivity contribution in [2.24, 2.45) is 0 Å². The first-order valence-electron chi connectivity index (χ1n) is 7.04. The topological polar surface area (TPSA) is 24.9 Å². The number of fused-ring (bicyclic) bond motifs is 1. The Kier molecular flexibility index (Phi) is 4.54. The third-order valence-corrected chi connectivity index (χ3v) is 7.12. The van der Waals surface area contributed by atoms with Gasteiger partial charge in [0.2, 0.25) is 0 Å². The van der Waals surface area contributed by atoms with Crippen LogP contribution in [0.3, 0.4) is 0 Å². The van der Waals surface area contributed by atoms with Gasteiger partial charge in [-0.2, -0.15) is 23.5 Å². The Morgan fingerprint density at radius 1 is 1.25 bits per heavy atom. The summed E-state index contributed by atoms with van der Waals surface area (Å²) in [5.74, 6) is 2.53. The molecule has 1 aromatic carbocycles. The van der Waals surface area contributed by atoms with E-state index in [1.165, 1.54) is 27.8 Å². The zero-order valence-corrected chi connectivity index (χ0v) is 13.5. The van der Waals surface area contributed by atoms with E-state index in [1.54, 1.807) is 0 Å². The number of nitrogens with one attached hydrogen (secondary N) is 1. The maximum atomic E-state index is 4.24. The molecule has 2 nitrogen and oxygen atoms in total. The summed E-state index contributed by atoms with van der Waals surface area (Å²) < 4.78 is 0. The lowest BCUT2D eigenvalue weighted by molar-refractivity contribution is 0.564. The molecule has 3 unspecified atom stereocenters. The number of aromatic nitrogens is 1. The minimum atomic E-state index is 0.397. The van der Waals surface area contributed by atoms with E-state index in [0.29, 0.717) is 16.5 Å². The van der Waals surface area contributed by atoms with Crippen molar-refractivity contribution in [3.8, 4) is 0 Å². The van der Waals surface area contributed by atoms with Crippen LogP contribution in [-0.4, -0.2) is 34.0 Å². The first kappa shape index (κ1) is 14.2. The molecule has 1 saturated heterocycles. The average Bonchev–Trinajstić information content (AvgIpc) is 2.50. The molecule has 2 aromatic rings. The van der Waals surface area contributed by atoms with Crippen molar-refractivity contribution in [3.05, 3.63) is 42.2 Å². The van der Waals surface area contributed by atoms with Crippen LogP contribution in [0.5, 0.6) is 0 Å². The maximum Gasteiger partial charge on any atom is 0.0455 e. The zero-order valence-electron chi connectivity index (χ0n) is 11.9. The highest BCUT2D eigenvalue weighted by Gasteiger charge is 2.31. The lowest BCUT2D eigenvalue weighted by Gasteiger charge is -2.35. The first-order chi connectivity index (χ1) is 9.81. The molecule has 1 N–H and O–H groups in total. The molecule has 0 radical (unpaired) electrons. The summed E-state index contributed by atoms with van der Waals surface area (Å²) in [5, 5.41) is 7.41. The van der Waals surface area contributed by atoms with E-state index in [9.17, 15) is 0 Å². The third kappa shape index (κ3) is 2.69. The van der Waals surface area contributed by atoms with Crippen LogP contribution in [0.25, 0.3) is 10.8 Å². The summed E-state index contributed by atoms with van der Waals surface area (Å²) >= 11 is 4.21. The van der Waals surface area contributed by atoms with Gasteiger partial charge in [0, 0.05) is 45.8 Å². The minimum Gasteiger partial charge on any atom is -0.312 e. The van der Waals surface area contributed by atoms with Crippen molar-refractivity contribution in [2.45, 2.75) is 23.5 Å². The Morgan fingerprint density at radius 3 is 2.90 bits per heavy atom. The predicted octanol–water partition coefficient (Wildman–Crippen LogP) is 3.73. The molecule has 0 saturated carbocycles. The highest BCUT2D eigenvalue weighted by atomic mass is 32.2. The van der Waals surface area contributed by atoms with Gasteiger partial charge in [-0.3, -0.25) is 4.98 Å². The summed E-state index contributed by atoms with van der Waals surface area (Å²) in [6.45, 7) is 2.36. The van der Waals surface area contributed by atoms with E-state index in [0.717, 1.165) is 0 Å². The first-order valence-corrected chi connectivity index (χ1v) is 9.14. The summed E-state index contributed by atoms with van der Waals surface area (Å²) in [7, 11) is 2.08. The molecule has 4 heteroatoms. The minimum absolute atomic E-state index is 0.397. The molecule has 3 rings (SSSR count). The van der Waals surface area contributed by atoms with Gasteiger partial charge in [-0.1, -0.05) is 25.1 Å². The second kappa shape index (κ2) is 6.37. The molecule has 1 fully saturated rings. The fourth-order valence-electron chi connectivity index (χ4n) is 2.93. The molecule has 0 amide bonds. The smallest absolute Gasteiger partial charge is 0.0455 e. The fraction of sp³-hybridized carbons (Fsp3) is 0.438. The quantitative estimate of drug-likeness (QED) is 0.934. The molecule has 2 heterocycles. The number of pyridine rings is 1. The molecular formula is C16H20N2S2. The average molecular weight is 304 g/mol. The molecule has 0 bridgehead atoms. The summed E-state index contributed by atoms with van der Waals surface area (Å²) in [5.41, 5.74) is 1.40. The second-order valence-electron chi connectivity index (χ2n) is 5.12. The van der Waals surface area contributed by atoms with Gasteiger partial charge in [-0.05, 0) is 24.1 Å². The summed E-state index contributed by atoms with van der Waals surface area (Å²) in [6.07, 6.45) is 3.85. The fourth-order valence-corrected chi connectivity index (χ4v) is 5.91. The number of hydrogen-bond donors (Lipinski definition) is 1. The van der Waals surface area contributed by atoms with Crippen molar-refractivity contribution in [3.63, 3.8) is 0 Å². The van der Waals surface area contributed by atoms with Gasteiger partial charge in [-0.15, -0.1) is 0 Å². The molecule has 0 aliphatic carbocycles. The van der Waals surface area contributed by atoms with Crippen molar-refractivity contribution in [2.75, 3.05) is 18.6 Å². The van der Waals surface area contributed by atoms with Gasteiger partial charge < -0.3 is 5.32 Å². The van der Waals surface area contributed by atoms with Gasteiger partial charge in [0.25, 0.3) is 0 Å². The molecule has 20 heavy (non-hydrogen) atoms. The van der Waals surface area contributed by atoms with Crippen LogP contribution in [0.15, 0.2) is 36.7 Å². The van der Waals surface area contributed by atoms with Crippen LogP contribution < -0.4 is 5.32 Å². The van der Waals surface area contributed by atoms with Crippen molar-refractivity contribution < 1.29 is 0 Å². The maximum absolute atomic E-state index is 4.24. The molecule has 106 valence electrons. The number of rotatable bonds is 3. The zero-order chi connectivity index (χ0) is 13.9. The summed E-state index contributed by atoms with van der Waals surface area (Å²) in [4.78, 5) is 4.24. The van der Waals surface area contributed by atoms with Crippen LogP contribution in [0.4, 0.5) is 0 Å². The lowest BCUT2D eigenvalue weighted by Crippen LogP contribution is -2.36. The predicted molar refractivity (Wildman–Crippen MR) is 91.7 cm³/mol. The van der Waals surface area contributed by atoms with Crippen molar-refractivity contribution in [1.29, 1.82) is 0 Å². The number of nitrogens with zero attached hydrogens (tertiary/aromatic N) is 1. The van der Waals surface area contributed by atoms with Crippen molar-refractivity contribution in [1.82, 2.24) is 10.3 Å². The van der Waals surface area contributed by atoms with Crippen LogP contribution in [-0.2, 0) is 0 Å². The van der Waals surface area contributed by atoms with Gasteiger partial charge >= 0.3 is 0 Å². The SMILES string of the molecule is CNC(c1cccc2cnccc12)C1SCCSC1C. The normalized spacial score (nSPS) is 24.7. The highest BCUT2D eigenvalue weighted by Crippen LogP contribution is 2.40. The van der Waals surface area contributed by atoms with E-state index in [4.69, 9.17) is 0 Å². The summed E-state index contributed by atoms with van der Waals surface area (Å²) in [6, 6.07) is 9.09. The molecule has 1 aliphatic rings. The third-order valence-electron chi connectivity index (χ3n) is 3.93. The number of hydrogen-bond acceptors (Lipinski definition) is 4. The molecule has 1 aromatic heterocycles. The van der Waals surface area contributed by atoms with E-state index in [-0.39, 0.29) is 0 Å². The Bertz CT molecular complexity index is 582. The van der Waals surface area contributed by atoms with Crippen LogP contribution in [0.1, 0.15) is 18.5 Å². The van der Waals surface area contributed by atoms with Gasteiger partial charge in [0.1, 0.15) is 0 Å². The monoisotopic (exact) mass is 304 g/mol. The molecule has 1 aliphatic heterocycles. The van der Waals surface area contributed by atoms with Gasteiger partial charge in [0.05, 0.1) is 0 Å². The Labute approximate surface area is 129 Å². The Morgan fingerprint density at radius 2 is 2.10 bits per heavy atom. The number of thioether (sulfide) groups is 2. The second-order valence-corrected chi connectivity index (χ2v) is 7.89. The molecule has 3 atom stereocenters. The van der Waals surface area contributed by atoms with Crippen LogP contribution in [0, 0.1) is 0 Å². The van der Waals surface area contributed by atoms with E-state index in [2.05, 4.69) is 72.1 Å². The standard InChI is InChI=1S/C16H20N2S2/c1-11-16(20-9-8-19-11)15(17-2)14-5-3-4-12-10-18-7-6-13(12)14/h3-7,10-11,15-17H,8-9H2,1-2H3. The van der Waals surface area contributed by atoms with Crippen molar-refractivity contribution >= 4 is 34.3 Å². The van der Waals surface area contributed by atoms with E-state index >= 15 is 0 Å².